The van der Waals surface area contributed by atoms with Crippen LogP contribution in [0.2, 0.25) is 0 Å². The zero-order chi connectivity index (χ0) is 14.4. The maximum Gasteiger partial charge on any atom is 0.332 e. The van der Waals surface area contributed by atoms with Crippen molar-refractivity contribution < 1.29 is 19.1 Å². The molecule has 0 spiro atoms. The molecule has 0 saturated carbocycles. The monoisotopic (exact) mass is 342 g/mol. The summed E-state index contributed by atoms with van der Waals surface area (Å²) in [4.78, 5) is 26.9. The number of amides is 3. The molecule has 1 N–H and O–H groups in total. The summed E-state index contributed by atoms with van der Waals surface area (Å²) in [6, 6.07) is 1.12. The van der Waals surface area contributed by atoms with E-state index in [1.807, 2.05) is 0 Å². The molecular weight excluding hydrogens is 331 g/mol. The standard InChI is InChI=1S/C13H12BrFN2O3/c14-7-5-8(15)10(6-11(7)18)17-12(19)9-3-1-2-4-16(9)13(17)20/h5-6,9,18H,1-4H2. The van der Waals surface area contributed by atoms with Gasteiger partial charge in [-0.1, -0.05) is 0 Å². The first kappa shape index (κ1) is 13.4. The number of imide groups is 1. The minimum Gasteiger partial charge on any atom is -0.507 e. The van der Waals surface area contributed by atoms with Gasteiger partial charge in [-0.3, -0.25) is 4.79 Å². The average Bonchev–Trinajstić information content (AvgIpc) is 2.68. The van der Waals surface area contributed by atoms with Crippen LogP contribution in [0.25, 0.3) is 0 Å². The third kappa shape index (κ3) is 1.88. The Morgan fingerprint density at radius 2 is 2.05 bits per heavy atom. The Kier molecular flexibility index (Phi) is 3.16. The molecule has 2 saturated heterocycles. The van der Waals surface area contributed by atoms with Crippen LogP contribution < -0.4 is 4.90 Å². The van der Waals surface area contributed by atoms with E-state index in [4.69, 9.17) is 0 Å². The van der Waals surface area contributed by atoms with Crippen molar-refractivity contribution in [3.63, 3.8) is 0 Å². The predicted octanol–water partition coefficient (Wildman–Crippen LogP) is 2.61. The van der Waals surface area contributed by atoms with Gasteiger partial charge in [-0.05, 0) is 41.3 Å². The Morgan fingerprint density at radius 3 is 2.75 bits per heavy atom. The number of urea groups is 1. The molecule has 2 fully saturated rings. The maximum absolute atomic E-state index is 14.0. The van der Waals surface area contributed by atoms with E-state index in [2.05, 4.69) is 15.9 Å². The van der Waals surface area contributed by atoms with Crippen LogP contribution in [-0.4, -0.2) is 34.5 Å². The summed E-state index contributed by atoms with van der Waals surface area (Å²) in [6.07, 6.45) is 2.32. The summed E-state index contributed by atoms with van der Waals surface area (Å²) < 4.78 is 14.2. The number of fused-ring (bicyclic) bond motifs is 1. The van der Waals surface area contributed by atoms with Gasteiger partial charge in [0.1, 0.15) is 17.6 Å². The van der Waals surface area contributed by atoms with E-state index >= 15 is 0 Å². The predicted molar refractivity (Wildman–Crippen MR) is 73.0 cm³/mol. The van der Waals surface area contributed by atoms with Crippen molar-refractivity contribution in [1.29, 1.82) is 0 Å². The van der Waals surface area contributed by atoms with Gasteiger partial charge in [-0.15, -0.1) is 0 Å². The van der Waals surface area contributed by atoms with Crippen LogP contribution in [0.1, 0.15) is 19.3 Å². The van der Waals surface area contributed by atoms with E-state index in [1.165, 1.54) is 4.90 Å². The van der Waals surface area contributed by atoms with E-state index in [1.54, 1.807) is 0 Å². The SMILES string of the molecule is O=C1C2CCCCN2C(=O)N1c1cc(O)c(Br)cc1F. The topological polar surface area (TPSA) is 60.9 Å². The number of hydrogen-bond donors (Lipinski definition) is 1. The van der Waals surface area contributed by atoms with Gasteiger partial charge < -0.3 is 10.0 Å². The van der Waals surface area contributed by atoms with Crippen LogP contribution in [0.4, 0.5) is 14.9 Å². The highest BCUT2D eigenvalue weighted by Gasteiger charge is 2.47. The van der Waals surface area contributed by atoms with Crippen LogP contribution in [0.15, 0.2) is 16.6 Å². The number of carbonyl (C=O) groups is 2. The molecule has 106 valence electrons. The van der Waals surface area contributed by atoms with Gasteiger partial charge in [0.25, 0.3) is 5.91 Å². The van der Waals surface area contributed by atoms with Gasteiger partial charge in [0, 0.05) is 12.6 Å². The Balaban J connectivity index is 2.04. The van der Waals surface area contributed by atoms with E-state index in [0.717, 1.165) is 29.9 Å². The van der Waals surface area contributed by atoms with E-state index in [0.29, 0.717) is 13.0 Å². The van der Waals surface area contributed by atoms with Crippen molar-refractivity contribution in [2.24, 2.45) is 0 Å². The highest BCUT2D eigenvalue weighted by atomic mass is 79.9. The zero-order valence-corrected chi connectivity index (χ0v) is 12.1. The molecule has 3 rings (SSSR count). The molecule has 0 aromatic heterocycles. The molecule has 1 aromatic rings. The van der Waals surface area contributed by atoms with Crippen LogP contribution in [0.5, 0.6) is 5.75 Å². The first-order valence-electron chi connectivity index (χ1n) is 6.33. The minimum absolute atomic E-state index is 0.176. The van der Waals surface area contributed by atoms with Crippen molar-refractivity contribution in [2.45, 2.75) is 25.3 Å². The summed E-state index contributed by atoms with van der Waals surface area (Å²) in [5.74, 6) is -1.36. The second-order valence-electron chi connectivity index (χ2n) is 4.92. The number of phenols is 1. The van der Waals surface area contributed by atoms with Crippen LogP contribution in [0, 0.1) is 5.82 Å². The molecule has 0 radical (unpaired) electrons. The van der Waals surface area contributed by atoms with E-state index in [9.17, 15) is 19.1 Å². The van der Waals surface area contributed by atoms with Gasteiger partial charge in [0.05, 0.1) is 10.2 Å². The number of piperidine rings is 1. The molecule has 2 aliphatic rings. The van der Waals surface area contributed by atoms with Crippen molar-refractivity contribution in [3.8, 4) is 5.75 Å². The quantitative estimate of drug-likeness (QED) is 0.798. The lowest BCUT2D eigenvalue weighted by Crippen LogP contribution is -2.39. The largest absolute Gasteiger partial charge is 0.507 e. The van der Waals surface area contributed by atoms with Crippen molar-refractivity contribution >= 4 is 33.6 Å². The molecule has 1 unspecified atom stereocenters. The van der Waals surface area contributed by atoms with Crippen molar-refractivity contribution in [2.75, 3.05) is 11.4 Å². The number of phenolic OH excluding ortho intramolecular Hbond substituents is 1. The molecule has 2 aliphatic heterocycles. The normalized spacial score (nSPS) is 22.4. The summed E-state index contributed by atoms with van der Waals surface area (Å²) >= 11 is 2.99. The lowest BCUT2D eigenvalue weighted by atomic mass is 10.0. The Hall–Kier alpha value is -1.63. The lowest BCUT2D eigenvalue weighted by Gasteiger charge is -2.25. The fourth-order valence-corrected chi connectivity index (χ4v) is 3.02. The molecular formula is C13H12BrFN2O3. The summed E-state index contributed by atoms with van der Waals surface area (Å²) in [7, 11) is 0. The second kappa shape index (κ2) is 4.73. The molecule has 1 aromatic carbocycles. The molecule has 5 nitrogen and oxygen atoms in total. The first-order chi connectivity index (χ1) is 9.50. The summed E-state index contributed by atoms with van der Waals surface area (Å²) in [5, 5.41) is 9.64. The highest BCUT2D eigenvalue weighted by Crippen LogP contribution is 2.36. The molecule has 2 heterocycles. The molecule has 0 aliphatic carbocycles. The minimum atomic E-state index is -0.726. The third-order valence-corrected chi connectivity index (χ3v) is 4.34. The van der Waals surface area contributed by atoms with Gasteiger partial charge >= 0.3 is 6.03 Å². The molecule has 7 heteroatoms. The third-order valence-electron chi connectivity index (χ3n) is 3.70. The van der Waals surface area contributed by atoms with Crippen LogP contribution >= 0.6 is 15.9 Å². The molecule has 0 bridgehead atoms. The average molecular weight is 343 g/mol. The van der Waals surface area contributed by atoms with Crippen molar-refractivity contribution in [1.82, 2.24) is 4.90 Å². The van der Waals surface area contributed by atoms with Gasteiger partial charge in [-0.25, -0.2) is 14.1 Å². The summed E-state index contributed by atoms with van der Waals surface area (Å²) in [5.41, 5.74) is -0.199. The number of benzene rings is 1. The van der Waals surface area contributed by atoms with Crippen LogP contribution in [0.3, 0.4) is 0 Å². The number of halogens is 2. The van der Waals surface area contributed by atoms with E-state index < -0.39 is 23.8 Å². The van der Waals surface area contributed by atoms with Gasteiger partial charge in [0.2, 0.25) is 0 Å². The van der Waals surface area contributed by atoms with Gasteiger partial charge in [0.15, 0.2) is 0 Å². The molecule has 1 atom stereocenters. The van der Waals surface area contributed by atoms with E-state index in [-0.39, 0.29) is 15.9 Å². The van der Waals surface area contributed by atoms with Crippen molar-refractivity contribution in [3.05, 3.63) is 22.4 Å². The van der Waals surface area contributed by atoms with Crippen LogP contribution in [-0.2, 0) is 4.79 Å². The smallest absolute Gasteiger partial charge is 0.332 e. The maximum atomic E-state index is 14.0. The van der Waals surface area contributed by atoms with Gasteiger partial charge in [-0.2, -0.15) is 0 Å². The number of rotatable bonds is 1. The first-order valence-corrected chi connectivity index (χ1v) is 7.12. The number of carbonyl (C=O) groups excluding carboxylic acids is 2. The zero-order valence-electron chi connectivity index (χ0n) is 10.5. The number of nitrogens with zero attached hydrogens (tertiary/aromatic N) is 2. The Morgan fingerprint density at radius 1 is 1.30 bits per heavy atom. The summed E-state index contributed by atoms with van der Waals surface area (Å²) in [6.45, 7) is 0.510. The fraction of sp³-hybridized carbons (Fsp3) is 0.385. The number of aromatic hydroxyl groups is 1. The molecule has 20 heavy (non-hydrogen) atoms. The fourth-order valence-electron chi connectivity index (χ4n) is 2.71. The Labute approximate surface area is 123 Å². The lowest BCUT2D eigenvalue weighted by molar-refractivity contribution is -0.120. The Bertz CT molecular complexity index is 584. The highest BCUT2D eigenvalue weighted by molar-refractivity contribution is 9.10. The second-order valence-corrected chi connectivity index (χ2v) is 5.77. The molecule has 3 amide bonds. The number of hydrogen-bond acceptors (Lipinski definition) is 3. The number of anilines is 1.